The van der Waals surface area contributed by atoms with Gasteiger partial charge in [0.15, 0.2) is 0 Å². The second-order valence-electron chi connectivity index (χ2n) is 4.32. The van der Waals surface area contributed by atoms with Crippen LogP contribution >= 0.6 is 0 Å². The van der Waals surface area contributed by atoms with Gasteiger partial charge in [0, 0.05) is 30.9 Å². The van der Waals surface area contributed by atoms with Crippen LogP contribution in [0.2, 0.25) is 0 Å². The third-order valence-electron chi connectivity index (χ3n) is 2.92. The van der Waals surface area contributed by atoms with Gasteiger partial charge in [-0.25, -0.2) is 0 Å². The third kappa shape index (κ3) is 3.03. The van der Waals surface area contributed by atoms with E-state index in [1.54, 1.807) is 0 Å². The van der Waals surface area contributed by atoms with Gasteiger partial charge in [-0.3, -0.25) is 14.7 Å². The Balaban J connectivity index is 1.99. The van der Waals surface area contributed by atoms with Gasteiger partial charge in [0.2, 0.25) is 0 Å². The fourth-order valence-electron chi connectivity index (χ4n) is 2.11. The lowest BCUT2D eigenvalue weighted by molar-refractivity contribution is -0.144. The Labute approximate surface area is 102 Å². The first-order chi connectivity index (χ1) is 8.19. The molecule has 0 radical (unpaired) electrons. The molecule has 2 heterocycles. The highest BCUT2D eigenvalue weighted by Crippen LogP contribution is 2.17. The van der Waals surface area contributed by atoms with Gasteiger partial charge in [-0.15, -0.1) is 0 Å². The van der Waals surface area contributed by atoms with Crippen molar-refractivity contribution in [2.75, 3.05) is 19.7 Å². The Bertz CT molecular complexity index is 418. The molecule has 17 heavy (non-hydrogen) atoms. The lowest BCUT2D eigenvalue weighted by Gasteiger charge is -2.27. The van der Waals surface area contributed by atoms with E-state index in [1.165, 1.54) is 11.3 Å². The molecule has 0 atom stereocenters. The molecule has 4 nitrogen and oxygen atoms in total. The number of pyridine rings is 1. The Kier molecular flexibility index (Phi) is 3.74. The van der Waals surface area contributed by atoms with Crippen molar-refractivity contribution in [1.82, 2.24) is 9.88 Å². The monoisotopic (exact) mass is 234 g/mol. The zero-order valence-electron chi connectivity index (χ0n) is 10.4. The van der Waals surface area contributed by atoms with Gasteiger partial charge < -0.3 is 4.74 Å². The largest absolute Gasteiger partial charge is 0.465 e. The van der Waals surface area contributed by atoms with Crippen LogP contribution in [0.4, 0.5) is 0 Å². The normalized spacial score (nSPS) is 15.4. The minimum atomic E-state index is -0.143. The predicted octanol–water partition coefficient (Wildman–Crippen LogP) is 1.31. The second kappa shape index (κ2) is 5.27. The Morgan fingerprint density at radius 1 is 1.53 bits per heavy atom. The highest BCUT2D eigenvalue weighted by atomic mass is 16.5. The SMILES string of the molecule is CCOC(=O)CN1CCc2nc(C)ccc2C1. The average molecular weight is 234 g/mol. The molecule has 0 aromatic carbocycles. The van der Waals surface area contributed by atoms with E-state index in [-0.39, 0.29) is 5.97 Å². The molecule has 92 valence electrons. The molecule has 0 spiro atoms. The summed E-state index contributed by atoms with van der Waals surface area (Å²) < 4.78 is 4.96. The summed E-state index contributed by atoms with van der Waals surface area (Å²) in [4.78, 5) is 18.0. The first-order valence-electron chi connectivity index (χ1n) is 6.02. The van der Waals surface area contributed by atoms with Crippen molar-refractivity contribution in [2.45, 2.75) is 26.8 Å². The smallest absolute Gasteiger partial charge is 0.320 e. The van der Waals surface area contributed by atoms with E-state index in [4.69, 9.17) is 4.74 Å². The molecule has 4 heteroatoms. The van der Waals surface area contributed by atoms with Crippen molar-refractivity contribution < 1.29 is 9.53 Å². The van der Waals surface area contributed by atoms with Crippen LogP contribution in [0, 0.1) is 6.92 Å². The van der Waals surface area contributed by atoms with Crippen LogP contribution in [0.1, 0.15) is 23.9 Å². The summed E-state index contributed by atoms with van der Waals surface area (Å²) in [5.41, 5.74) is 3.46. The van der Waals surface area contributed by atoms with Gasteiger partial charge in [-0.05, 0) is 25.5 Å². The number of aryl methyl sites for hydroxylation is 1. The van der Waals surface area contributed by atoms with E-state index in [9.17, 15) is 4.79 Å². The number of fused-ring (bicyclic) bond motifs is 1. The molecular weight excluding hydrogens is 216 g/mol. The van der Waals surface area contributed by atoms with Crippen LogP contribution < -0.4 is 0 Å². The fraction of sp³-hybridized carbons (Fsp3) is 0.538. The van der Waals surface area contributed by atoms with Crippen LogP contribution in [-0.4, -0.2) is 35.5 Å². The summed E-state index contributed by atoms with van der Waals surface area (Å²) >= 11 is 0. The topological polar surface area (TPSA) is 42.4 Å². The van der Waals surface area contributed by atoms with Crippen LogP contribution in [-0.2, 0) is 22.5 Å². The molecule has 0 saturated heterocycles. The summed E-state index contributed by atoms with van der Waals surface area (Å²) in [7, 11) is 0. The van der Waals surface area contributed by atoms with Crippen molar-refractivity contribution >= 4 is 5.97 Å². The van der Waals surface area contributed by atoms with Crippen LogP contribution in [0.25, 0.3) is 0 Å². The van der Waals surface area contributed by atoms with Crippen molar-refractivity contribution in [2.24, 2.45) is 0 Å². The van der Waals surface area contributed by atoms with Crippen molar-refractivity contribution in [3.05, 3.63) is 29.1 Å². The van der Waals surface area contributed by atoms with E-state index in [2.05, 4.69) is 16.0 Å². The minimum absolute atomic E-state index is 0.143. The summed E-state index contributed by atoms with van der Waals surface area (Å²) in [6.07, 6.45) is 0.913. The number of hydrogen-bond donors (Lipinski definition) is 0. The Morgan fingerprint density at radius 3 is 3.12 bits per heavy atom. The van der Waals surface area contributed by atoms with Gasteiger partial charge in [0.05, 0.1) is 13.2 Å². The molecule has 0 aliphatic carbocycles. The van der Waals surface area contributed by atoms with Gasteiger partial charge in [0.1, 0.15) is 0 Å². The first kappa shape index (κ1) is 12.0. The van der Waals surface area contributed by atoms with Crippen molar-refractivity contribution in [1.29, 1.82) is 0 Å². The van der Waals surface area contributed by atoms with Crippen molar-refractivity contribution in [3.63, 3.8) is 0 Å². The lowest BCUT2D eigenvalue weighted by atomic mass is 10.1. The Morgan fingerprint density at radius 2 is 2.35 bits per heavy atom. The number of carbonyl (C=O) groups is 1. The highest BCUT2D eigenvalue weighted by Gasteiger charge is 2.19. The Hall–Kier alpha value is -1.42. The maximum Gasteiger partial charge on any atom is 0.320 e. The molecule has 2 rings (SSSR count). The minimum Gasteiger partial charge on any atom is -0.465 e. The van der Waals surface area contributed by atoms with Crippen molar-refractivity contribution in [3.8, 4) is 0 Å². The van der Waals surface area contributed by atoms with Gasteiger partial charge in [-0.1, -0.05) is 6.07 Å². The average Bonchev–Trinajstić information content (AvgIpc) is 2.29. The van der Waals surface area contributed by atoms with Crippen LogP contribution in [0.15, 0.2) is 12.1 Å². The summed E-state index contributed by atoms with van der Waals surface area (Å²) in [6.45, 7) is 6.33. The molecule has 0 fully saturated rings. The molecule has 0 amide bonds. The van der Waals surface area contributed by atoms with E-state index in [1.807, 2.05) is 19.9 Å². The number of carbonyl (C=O) groups excluding carboxylic acids is 1. The quantitative estimate of drug-likeness (QED) is 0.740. The molecule has 1 aliphatic heterocycles. The number of nitrogens with zero attached hydrogens (tertiary/aromatic N) is 2. The van der Waals surface area contributed by atoms with E-state index in [0.29, 0.717) is 13.2 Å². The molecule has 1 aliphatic rings. The predicted molar refractivity (Wildman–Crippen MR) is 64.6 cm³/mol. The zero-order chi connectivity index (χ0) is 12.3. The van der Waals surface area contributed by atoms with Gasteiger partial charge >= 0.3 is 5.97 Å². The van der Waals surface area contributed by atoms with E-state index < -0.39 is 0 Å². The maximum atomic E-state index is 11.4. The summed E-state index contributed by atoms with van der Waals surface area (Å²) in [5.74, 6) is -0.143. The molecule has 1 aromatic rings. The molecule has 0 bridgehead atoms. The summed E-state index contributed by atoms with van der Waals surface area (Å²) in [6, 6.07) is 4.13. The van der Waals surface area contributed by atoms with Crippen LogP contribution in [0.3, 0.4) is 0 Å². The van der Waals surface area contributed by atoms with E-state index in [0.717, 1.165) is 25.2 Å². The molecule has 0 unspecified atom stereocenters. The molecular formula is C13H18N2O2. The van der Waals surface area contributed by atoms with Gasteiger partial charge in [-0.2, -0.15) is 0 Å². The molecule has 0 N–H and O–H groups in total. The summed E-state index contributed by atoms with van der Waals surface area (Å²) in [5, 5.41) is 0. The third-order valence-corrected chi connectivity index (χ3v) is 2.92. The zero-order valence-corrected chi connectivity index (χ0v) is 10.4. The highest BCUT2D eigenvalue weighted by molar-refractivity contribution is 5.71. The number of ether oxygens (including phenoxy) is 1. The number of aromatic nitrogens is 1. The number of rotatable bonds is 3. The first-order valence-corrected chi connectivity index (χ1v) is 6.02. The fourth-order valence-corrected chi connectivity index (χ4v) is 2.11. The number of esters is 1. The molecule has 0 saturated carbocycles. The number of hydrogen-bond acceptors (Lipinski definition) is 4. The maximum absolute atomic E-state index is 11.4. The van der Waals surface area contributed by atoms with E-state index >= 15 is 0 Å². The van der Waals surface area contributed by atoms with Gasteiger partial charge in [0.25, 0.3) is 0 Å². The van der Waals surface area contributed by atoms with Crippen LogP contribution in [0.5, 0.6) is 0 Å². The lowest BCUT2D eigenvalue weighted by Crippen LogP contribution is -2.36. The second-order valence-corrected chi connectivity index (χ2v) is 4.32. The molecule has 1 aromatic heterocycles. The standard InChI is InChI=1S/C13H18N2O2/c1-3-17-13(16)9-15-7-6-12-11(8-15)5-4-10(2)14-12/h4-5H,3,6-9H2,1-2H3.